The van der Waals surface area contributed by atoms with Crippen LogP contribution < -0.4 is 4.90 Å². The standard InChI is InChI=1S/C17H26N6/c1-13-6-5-7-21(11-13)12-15-19-17-18-14(2)10-16(23(17)20-15)22-8-3-4-9-22/h10,13H,3-9,11-12H2,1-2H3. The second kappa shape index (κ2) is 6.07. The topological polar surface area (TPSA) is 49.6 Å². The Bertz CT molecular complexity index is 688. The van der Waals surface area contributed by atoms with Gasteiger partial charge in [0.25, 0.3) is 5.78 Å². The van der Waals surface area contributed by atoms with Crippen molar-refractivity contribution in [1.29, 1.82) is 0 Å². The van der Waals surface area contributed by atoms with E-state index in [-0.39, 0.29) is 0 Å². The molecule has 0 aromatic carbocycles. The van der Waals surface area contributed by atoms with Gasteiger partial charge >= 0.3 is 0 Å². The molecule has 124 valence electrons. The Hall–Kier alpha value is -1.69. The van der Waals surface area contributed by atoms with Crippen LogP contribution in [0.5, 0.6) is 0 Å². The molecule has 2 aliphatic rings. The van der Waals surface area contributed by atoms with E-state index in [1.807, 2.05) is 11.4 Å². The molecule has 0 bridgehead atoms. The molecule has 1 unspecified atom stereocenters. The lowest BCUT2D eigenvalue weighted by molar-refractivity contribution is 0.173. The fraction of sp³-hybridized carbons (Fsp3) is 0.706. The maximum absolute atomic E-state index is 4.78. The third-order valence-corrected chi connectivity index (χ3v) is 5.00. The van der Waals surface area contributed by atoms with Gasteiger partial charge in [-0.05, 0) is 45.1 Å². The van der Waals surface area contributed by atoms with Crippen molar-refractivity contribution in [1.82, 2.24) is 24.5 Å². The molecule has 0 amide bonds. The summed E-state index contributed by atoms with van der Waals surface area (Å²) >= 11 is 0. The fourth-order valence-electron chi connectivity index (χ4n) is 3.88. The molecular weight excluding hydrogens is 288 g/mol. The van der Waals surface area contributed by atoms with Crippen molar-refractivity contribution < 1.29 is 0 Å². The Kier molecular flexibility index (Phi) is 3.93. The SMILES string of the molecule is Cc1cc(N2CCCC2)n2nc(CN3CCCC(C)C3)nc2n1. The monoisotopic (exact) mass is 314 g/mol. The molecule has 23 heavy (non-hydrogen) atoms. The van der Waals surface area contributed by atoms with Gasteiger partial charge in [-0.1, -0.05) is 6.92 Å². The van der Waals surface area contributed by atoms with Crippen molar-refractivity contribution in [3.05, 3.63) is 17.6 Å². The first-order valence-corrected chi connectivity index (χ1v) is 8.89. The summed E-state index contributed by atoms with van der Waals surface area (Å²) in [4.78, 5) is 14.2. The first kappa shape index (κ1) is 14.9. The van der Waals surface area contributed by atoms with Crippen LogP contribution in [-0.2, 0) is 6.54 Å². The van der Waals surface area contributed by atoms with E-state index in [2.05, 4.69) is 27.8 Å². The number of likely N-dealkylation sites (tertiary alicyclic amines) is 1. The van der Waals surface area contributed by atoms with E-state index in [4.69, 9.17) is 10.1 Å². The van der Waals surface area contributed by atoms with E-state index in [0.29, 0.717) is 0 Å². The van der Waals surface area contributed by atoms with Gasteiger partial charge in [-0.25, -0.2) is 4.98 Å². The fourth-order valence-corrected chi connectivity index (χ4v) is 3.88. The highest BCUT2D eigenvalue weighted by molar-refractivity contribution is 5.48. The van der Waals surface area contributed by atoms with Gasteiger partial charge in [0, 0.05) is 31.4 Å². The number of hydrogen-bond donors (Lipinski definition) is 0. The number of aryl methyl sites for hydroxylation is 1. The van der Waals surface area contributed by atoms with Crippen molar-refractivity contribution >= 4 is 11.6 Å². The molecule has 2 aliphatic heterocycles. The maximum Gasteiger partial charge on any atom is 0.254 e. The molecule has 0 N–H and O–H groups in total. The Morgan fingerprint density at radius 1 is 1.13 bits per heavy atom. The summed E-state index contributed by atoms with van der Waals surface area (Å²) in [7, 11) is 0. The number of rotatable bonds is 3. The molecular formula is C17H26N6. The maximum atomic E-state index is 4.78. The van der Waals surface area contributed by atoms with Crippen LogP contribution in [0, 0.1) is 12.8 Å². The van der Waals surface area contributed by atoms with Crippen LogP contribution in [0.25, 0.3) is 5.78 Å². The summed E-state index contributed by atoms with van der Waals surface area (Å²) in [5, 5.41) is 4.78. The summed E-state index contributed by atoms with van der Waals surface area (Å²) in [6.45, 7) is 9.74. The van der Waals surface area contributed by atoms with Gasteiger partial charge in [0.15, 0.2) is 5.82 Å². The average molecular weight is 314 g/mol. The molecule has 0 spiro atoms. The molecule has 4 rings (SSSR count). The highest BCUT2D eigenvalue weighted by Crippen LogP contribution is 2.22. The van der Waals surface area contributed by atoms with E-state index in [9.17, 15) is 0 Å². The molecule has 0 radical (unpaired) electrons. The molecule has 6 heteroatoms. The normalized spacial score (nSPS) is 23.0. The molecule has 4 heterocycles. The first-order chi connectivity index (χ1) is 11.2. The van der Waals surface area contributed by atoms with Crippen molar-refractivity contribution in [2.75, 3.05) is 31.1 Å². The molecule has 0 aliphatic carbocycles. The van der Waals surface area contributed by atoms with Gasteiger partial charge in [-0.2, -0.15) is 9.50 Å². The van der Waals surface area contributed by atoms with Gasteiger partial charge in [0.2, 0.25) is 0 Å². The second-order valence-electron chi connectivity index (χ2n) is 7.17. The van der Waals surface area contributed by atoms with Crippen LogP contribution in [0.15, 0.2) is 6.07 Å². The average Bonchev–Trinajstić information content (AvgIpc) is 3.15. The van der Waals surface area contributed by atoms with Gasteiger partial charge < -0.3 is 4.90 Å². The molecule has 6 nitrogen and oxygen atoms in total. The van der Waals surface area contributed by atoms with E-state index < -0.39 is 0 Å². The van der Waals surface area contributed by atoms with Gasteiger partial charge in [-0.3, -0.25) is 4.90 Å². The van der Waals surface area contributed by atoms with Crippen LogP contribution in [0.3, 0.4) is 0 Å². The van der Waals surface area contributed by atoms with Crippen molar-refractivity contribution in [2.24, 2.45) is 5.92 Å². The van der Waals surface area contributed by atoms with Crippen LogP contribution in [0.4, 0.5) is 5.82 Å². The smallest absolute Gasteiger partial charge is 0.254 e. The number of anilines is 1. The molecule has 2 aromatic rings. The van der Waals surface area contributed by atoms with Crippen LogP contribution in [0.2, 0.25) is 0 Å². The predicted molar refractivity (Wildman–Crippen MR) is 90.6 cm³/mol. The lowest BCUT2D eigenvalue weighted by Crippen LogP contribution is -2.34. The molecule has 1 atom stereocenters. The molecule has 0 saturated carbocycles. The Labute approximate surface area is 137 Å². The summed E-state index contributed by atoms with van der Waals surface area (Å²) in [5.74, 6) is 3.57. The van der Waals surface area contributed by atoms with Crippen molar-refractivity contribution in [3.8, 4) is 0 Å². The minimum Gasteiger partial charge on any atom is -0.356 e. The number of fused-ring (bicyclic) bond motifs is 1. The quantitative estimate of drug-likeness (QED) is 0.870. The van der Waals surface area contributed by atoms with E-state index in [1.54, 1.807) is 0 Å². The minimum atomic E-state index is 0.743. The van der Waals surface area contributed by atoms with E-state index in [0.717, 1.165) is 61.8 Å². The number of piperidine rings is 1. The summed E-state index contributed by atoms with van der Waals surface area (Å²) in [6, 6.07) is 2.14. The van der Waals surface area contributed by atoms with Crippen molar-refractivity contribution in [2.45, 2.75) is 46.1 Å². The van der Waals surface area contributed by atoms with E-state index >= 15 is 0 Å². The zero-order valence-corrected chi connectivity index (χ0v) is 14.2. The summed E-state index contributed by atoms with van der Waals surface area (Å²) in [6.07, 6.45) is 5.14. The highest BCUT2D eigenvalue weighted by Gasteiger charge is 2.21. The Morgan fingerprint density at radius 3 is 2.74 bits per heavy atom. The molecule has 2 fully saturated rings. The second-order valence-corrected chi connectivity index (χ2v) is 7.17. The zero-order chi connectivity index (χ0) is 15.8. The number of nitrogens with zero attached hydrogens (tertiary/aromatic N) is 6. The minimum absolute atomic E-state index is 0.743. The van der Waals surface area contributed by atoms with E-state index in [1.165, 1.54) is 25.7 Å². The Morgan fingerprint density at radius 2 is 1.96 bits per heavy atom. The van der Waals surface area contributed by atoms with Crippen LogP contribution in [0.1, 0.15) is 44.1 Å². The summed E-state index contributed by atoms with van der Waals surface area (Å²) < 4.78 is 1.95. The molecule has 2 saturated heterocycles. The third-order valence-electron chi connectivity index (χ3n) is 5.00. The first-order valence-electron chi connectivity index (χ1n) is 8.89. The van der Waals surface area contributed by atoms with Gasteiger partial charge in [0.1, 0.15) is 5.82 Å². The highest BCUT2D eigenvalue weighted by atomic mass is 15.4. The third kappa shape index (κ3) is 3.04. The molecule has 2 aromatic heterocycles. The lowest BCUT2D eigenvalue weighted by atomic mass is 10.0. The predicted octanol–water partition coefficient (Wildman–Crippen LogP) is 2.26. The lowest BCUT2D eigenvalue weighted by Gasteiger charge is -2.29. The Balaban J connectivity index is 1.63. The number of aromatic nitrogens is 4. The van der Waals surface area contributed by atoms with Crippen LogP contribution >= 0.6 is 0 Å². The van der Waals surface area contributed by atoms with Crippen LogP contribution in [-0.4, -0.2) is 50.7 Å². The zero-order valence-electron chi connectivity index (χ0n) is 14.2. The van der Waals surface area contributed by atoms with Gasteiger partial charge in [-0.15, -0.1) is 5.10 Å². The number of hydrogen-bond acceptors (Lipinski definition) is 5. The summed E-state index contributed by atoms with van der Waals surface area (Å²) in [5.41, 5.74) is 1.02. The van der Waals surface area contributed by atoms with Crippen molar-refractivity contribution in [3.63, 3.8) is 0 Å². The largest absolute Gasteiger partial charge is 0.356 e. The van der Waals surface area contributed by atoms with Gasteiger partial charge in [0.05, 0.1) is 6.54 Å².